The van der Waals surface area contributed by atoms with E-state index in [0.29, 0.717) is 22.9 Å². The highest BCUT2D eigenvalue weighted by Crippen LogP contribution is 2.25. The van der Waals surface area contributed by atoms with Crippen LogP contribution in [0, 0.1) is 0 Å². The van der Waals surface area contributed by atoms with E-state index in [0.717, 1.165) is 11.3 Å². The fourth-order valence-corrected chi connectivity index (χ4v) is 2.55. The van der Waals surface area contributed by atoms with Gasteiger partial charge < -0.3 is 19.5 Å². The minimum absolute atomic E-state index is 0.249. The van der Waals surface area contributed by atoms with Gasteiger partial charge >= 0.3 is 0 Å². The van der Waals surface area contributed by atoms with Crippen molar-refractivity contribution in [3.05, 3.63) is 84.4 Å². The molecule has 5 heteroatoms. The third kappa shape index (κ3) is 5.14. The van der Waals surface area contributed by atoms with Crippen LogP contribution in [0.5, 0.6) is 23.0 Å². The number of ether oxygens (including phenoxy) is 3. The molecule has 3 rings (SSSR count). The van der Waals surface area contributed by atoms with Gasteiger partial charge in [0, 0.05) is 17.3 Å². The van der Waals surface area contributed by atoms with Crippen molar-refractivity contribution < 1.29 is 19.0 Å². The number of para-hydroxylation sites is 1. The van der Waals surface area contributed by atoms with E-state index >= 15 is 0 Å². The molecule has 5 nitrogen and oxygen atoms in total. The number of carbonyl (C=O) groups excluding carboxylic acids is 1. The molecule has 0 saturated heterocycles. The Labute approximate surface area is 164 Å². The number of hydrogen-bond acceptors (Lipinski definition) is 4. The molecule has 0 aliphatic carbocycles. The lowest BCUT2D eigenvalue weighted by Crippen LogP contribution is -2.07. The van der Waals surface area contributed by atoms with Gasteiger partial charge in [0.15, 0.2) is 0 Å². The van der Waals surface area contributed by atoms with Crippen LogP contribution < -0.4 is 19.5 Å². The fraction of sp³-hybridized carbons (Fsp3) is 0.0870. The highest BCUT2D eigenvalue weighted by molar-refractivity contribution is 6.02. The number of carbonyl (C=O) groups is 1. The number of anilines is 1. The summed E-state index contributed by atoms with van der Waals surface area (Å²) in [5, 5.41) is 2.82. The molecule has 142 valence electrons. The van der Waals surface area contributed by atoms with Gasteiger partial charge in [-0.3, -0.25) is 4.79 Å². The van der Waals surface area contributed by atoms with E-state index in [1.807, 2.05) is 30.3 Å². The van der Waals surface area contributed by atoms with Crippen molar-refractivity contribution in [1.82, 2.24) is 0 Å². The highest BCUT2D eigenvalue weighted by Gasteiger charge is 2.04. The van der Waals surface area contributed by atoms with E-state index in [2.05, 4.69) is 5.32 Å². The lowest BCUT2D eigenvalue weighted by Gasteiger charge is -2.08. The number of hydrogen-bond donors (Lipinski definition) is 1. The van der Waals surface area contributed by atoms with E-state index in [9.17, 15) is 4.79 Å². The molecule has 0 aliphatic heterocycles. The van der Waals surface area contributed by atoms with Crippen LogP contribution in [-0.2, 0) is 4.79 Å². The molecule has 0 unspecified atom stereocenters. The Bertz CT molecular complexity index is 950. The summed E-state index contributed by atoms with van der Waals surface area (Å²) in [6, 6.07) is 22.1. The van der Waals surface area contributed by atoms with Crippen molar-refractivity contribution in [2.45, 2.75) is 0 Å². The molecule has 0 saturated carbocycles. The molecule has 0 aromatic heterocycles. The number of amides is 1. The Morgan fingerprint density at radius 1 is 0.821 bits per heavy atom. The first kappa shape index (κ1) is 19.0. The van der Waals surface area contributed by atoms with E-state index in [4.69, 9.17) is 14.2 Å². The molecule has 0 heterocycles. The lowest BCUT2D eigenvalue weighted by molar-refractivity contribution is -0.111. The first-order chi connectivity index (χ1) is 13.7. The third-order valence-electron chi connectivity index (χ3n) is 3.95. The summed E-state index contributed by atoms with van der Waals surface area (Å²) in [5.41, 5.74) is 1.43. The molecule has 3 aromatic carbocycles. The molecular formula is C23H21NO4. The summed E-state index contributed by atoms with van der Waals surface area (Å²) in [5.74, 6) is 2.55. The minimum atomic E-state index is -0.249. The van der Waals surface area contributed by atoms with Crippen LogP contribution in [0.1, 0.15) is 5.56 Å². The standard InChI is InChI=1S/C23H21NO4/c1-26-21-13-14-22(27-2)17(16-21)8-15-23(25)24-18-9-11-20(12-10-18)28-19-6-4-3-5-7-19/h3-16H,1-2H3,(H,24,25)/b15-8+. The number of benzene rings is 3. The Balaban J connectivity index is 1.62. The Morgan fingerprint density at radius 3 is 2.18 bits per heavy atom. The maximum atomic E-state index is 12.2. The van der Waals surface area contributed by atoms with Crippen LogP contribution >= 0.6 is 0 Å². The molecule has 28 heavy (non-hydrogen) atoms. The van der Waals surface area contributed by atoms with Crippen LogP contribution in [0.2, 0.25) is 0 Å². The first-order valence-electron chi connectivity index (χ1n) is 8.72. The molecule has 3 aromatic rings. The molecule has 0 radical (unpaired) electrons. The zero-order valence-corrected chi connectivity index (χ0v) is 15.7. The van der Waals surface area contributed by atoms with Crippen LogP contribution in [0.3, 0.4) is 0 Å². The van der Waals surface area contributed by atoms with E-state index < -0.39 is 0 Å². The van der Waals surface area contributed by atoms with Crippen molar-refractivity contribution in [2.75, 3.05) is 19.5 Å². The predicted octanol–water partition coefficient (Wildman–Crippen LogP) is 5.15. The Kier molecular flexibility index (Phi) is 6.31. The summed E-state index contributed by atoms with van der Waals surface area (Å²) >= 11 is 0. The largest absolute Gasteiger partial charge is 0.497 e. The predicted molar refractivity (Wildman–Crippen MR) is 110 cm³/mol. The van der Waals surface area contributed by atoms with Gasteiger partial charge in [-0.1, -0.05) is 18.2 Å². The smallest absolute Gasteiger partial charge is 0.248 e. The van der Waals surface area contributed by atoms with Crippen molar-refractivity contribution >= 4 is 17.7 Å². The van der Waals surface area contributed by atoms with Crippen molar-refractivity contribution in [1.29, 1.82) is 0 Å². The van der Waals surface area contributed by atoms with Crippen molar-refractivity contribution in [2.24, 2.45) is 0 Å². The topological polar surface area (TPSA) is 56.8 Å². The maximum absolute atomic E-state index is 12.2. The monoisotopic (exact) mass is 375 g/mol. The summed E-state index contributed by atoms with van der Waals surface area (Å²) in [6.07, 6.45) is 3.13. The Hall–Kier alpha value is -3.73. The zero-order chi connectivity index (χ0) is 19.8. The second-order valence-electron chi connectivity index (χ2n) is 5.87. The average molecular weight is 375 g/mol. The van der Waals surface area contributed by atoms with Gasteiger partial charge in [-0.2, -0.15) is 0 Å². The van der Waals surface area contributed by atoms with Crippen LogP contribution in [0.15, 0.2) is 78.9 Å². The molecular weight excluding hydrogens is 354 g/mol. The van der Waals surface area contributed by atoms with Gasteiger partial charge in [-0.05, 0) is 60.7 Å². The quantitative estimate of drug-likeness (QED) is 0.581. The highest BCUT2D eigenvalue weighted by atomic mass is 16.5. The molecule has 1 amide bonds. The normalized spacial score (nSPS) is 10.5. The summed E-state index contributed by atoms with van der Waals surface area (Å²) < 4.78 is 16.3. The average Bonchev–Trinajstić information content (AvgIpc) is 2.74. The summed E-state index contributed by atoms with van der Waals surface area (Å²) in [7, 11) is 3.17. The van der Waals surface area contributed by atoms with E-state index in [1.165, 1.54) is 6.08 Å². The van der Waals surface area contributed by atoms with E-state index in [-0.39, 0.29) is 5.91 Å². The van der Waals surface area contributed by atoms with Crippen LogP contribution in [0.25, 0.3) is 6.08 Å². The van der Waals surface area contributed by atoms with Crippen LogP contribution in [-0.4, -0.2) is 20.1 Å². The molecule has 1 N–H and O–H groups in total. The molecule has 0 spiro atoms. The van der Waals surface area contributed by atoms with Gasteiger partial charge in [0.25, 0.3) is 0 Å². The van der Waals surface area contributed by atoms with Gasteiger partial charge in [0.1, 0.15) is 23.0 Å². The SMILES string of the molecule is COc1ccc(OC)c(/C=C/C(=O)Nc2ccc(Oc3ccccc3)cc2)c1. The minimum Gasteiger partial charge on any atom is -0.497 e. The molecule has 0 aliphatic rings. The summed E-state index contributed by atoms with van der Waals surface area (Å²) in [4.78, 5) is 12.2. The van der Waals surface area contributed by atoms with Crippen molar-refractivity contribution in [3.8, 4) is 23.0 Å². The fourth-order valence-electron chi connectivity index (χ4n) is 2.55. The maximum Gasteiger partial charge on any atom is 0.248 e. The molecule has 0 bridgehead atoms. The number of rotatable bonds is 7. The zero-order valence-electron chi connectivity index (χ0n) is 15.7. The Morgan fingerprint density at radius 2 is 1.50 bits per heavy atom. The summed E-state index contributed by atoms with van der Waals surface area (Å²) in [6.45, 7) is 0. The van der Waals surface area contributed by atoms with Gasteiger partial charge in [0.05, 0.1) is 14.2 Å². The first-order valence-corrected chi connectivity index (χ1v) is 8.72. The van der Waals surface area contributed by atoms with Gasteiger partial charge in [-0.15, -0.1) is 0 Å². The third-order valence-corrected chi connectivity index (χ3v) is 3.95. The van der Waals surface area contributed by atoms with Crippen molar-refractivity contribution in [3.63, 3.8) is 0 Å². The number of methoxy groups -OCH3 is 2. The lowest BCUT2D eigenvalue weighted by atomic mass is 10.1. The second-order valence-corrected chi connectivity index (χ2v) is 5.87. The molecule has 0 atom stereocenters. The number of nitrogens with one attached hydrogen (secondary N) is 1. The van der Waals surface area contributed by atoms with Crippen LogP contribution in [0.4, 0.5) is 5.69 Å². The van der Waals surface area contributed by atoms with Gasteiger partial charge in [0.2, 0.25) is 5.91 Å². The second kappa shape index (κ2) is 9.28. The van der Waals surface area contributed by atoms with E-state index in [1.54, 1.807) is 62.8 Å². The van der Waals surface area contributed by atoms with Gasteiger partial charge in [-0.25, -0.2) is 0 Å². The molecule has 0 fully saturated rings.